The molecule has 0 aliphatic carbocycles. The van der Waals surface area contributed by atoms with Crippen LogP contribution in [0.2, 0.25) is 0 Å². The van der Waals surface area contributed by atoms with Gasteiger partial charge in [-0.25, -0.2) is 4.98 Å². The van der Waals surface area contributed by atoms with Crippen molar-refractivity contribution in [2.45, 2.75) is 0 Å². The lowest BCUT2D eigenvalue weighted by Crippen LogP contribution is -1.87. The van der Waals surface area contributed by atoms with Crippen LogP contribution >= 0.6 is 0 Å². The Labute approximate surface area is 74.4 Å². The van der Waals surface area contributed by atoms with Gasteiger partial charge in [-0.1, -0.05) is 5.16 Å². The van der Waals surface area contributed by atoms with Gasteiger partial charge in [-0.15, -0.1) is 0 Å². The molecule has 0 saturated heterocycles. The Kier molecular flexibility index (Phi) is 1.91. The number of hydrogen-bond donors (Lipinski definition) is 0. The zero-order chi connectivity index (χ0) is 9.10. The monoisotopic (exact) mass is 177 g/mol. The first-order valence-electron chi connectivity index (χ1n) is 3.67. The molecule has 0 unspecified atom stereocenters. The van der Waals surface area contributed by atoms with E-state index in [-0.39, 0.29) is 0 Å². The molecule has 13 heavy (non-hydrogen) atoms. The first-order valence-corrected chi connectivity index (χ1v) is 3.67. The second kappa shape index (κ2) is 3.22. The highest BCUT2D eigenvalue weighted by Gasteiger charge is 2.03. The third-order valence-corrected chi connectivity index (χ3v) is 1.56. The predicted octanol–water partition coefficient (Wildman–Crippen LogP) is 1.14. The van der Waals surface area contributed by atoms with E-state index in [0.717, 1.165) is 0 Å². The van der Waals surface area contributed by atoms with Crippen molar-refractivity contribution in [3.8, 4) is 17.3 Å². The molecular formula is C8H7N3O2. The van der Waals surface area contributed by atoms with Gasteiger partial charge < -0.3 is 9.26 Å². The normalized spacial score (nSPS) is 9.92. The van der Waals surface area contributed by atoms with Crippen molar-refractivity contribution in [3.05, 3.63) is 24.7 Å². The van der Waals surface area contributed by atoms with Gasteiger partial charge in [0.05, 0.1) is 13.3 Å². The number of aromatic nitrogens is 3. The smallest absolute Gasteiger partial charge is 0.220 e. The highest BCUT2D eigenvalue weighted by molar-refractivity contribution is 5.48. The molecule has 0 aliphatic rings. The predicted molar refractivity (Wildman–Crippen MR) is 44.1 cm³/mol. The molecule has 0 saturated carbocycles. The van der Waals surface area contributed by atoms with Gasteiger partial charge >= 0.3 is 0 Å². The summed E-state index contributed by atoms with van der Waals surface area (Å²) in [4.78, 5) is 7.94. The van der Waals surface area contributed by atoms with E-state index in [9.17, 15) is 0 Å². The van der Waals surface area contributed by atoms with Gasteiger partial charge in [0.15, 0.2) is 0 Å². The van der Waals surface area contributed by atoms with Crippen LogP contribution in [0.3, 0.4) is 0 Å². The molecule has 0 aromatic carbocycles. The van der Waals surface area contributed by atoms with Gasteiger partial charge in [0.1, 0.15) is 11.4 Å². The highest BCUT2D eigenvalue weighted by atomic mass is 16.5. The average molecular weight is 177 g/mol. The van der Waals surface area contributed by atoms with E-state index in [1.807, 2.05) is 0 Å². The number of nitrogens with zero attached hydrogens (tertiary/aromatic N) is 3. The third kappa shape index (κ3) is 1.48. The minimum absolute atomic E-state index is 0.475. The summed E-state index contributed by atoms with van der Waals surface area (Å²) in [6, 6.07) is 3.56. The van der Waals surface area contributed by atoms with Gasteiger partial charge in [0, 0.05) is 0 Å². The van der Waals surface area contributed by atoms with E-state index >= 15 is 0 Å². The molecule has 0 spiro atoms. The van der Waals surface area contributed by atoms with Crippen molar-refractivity contribution in [2.24, 2.45) is 0 Å². The molecule has 0 radical (unpaired) electrons. The molecule has 5 nitrogen and oxygen atoms in total. The number of pyridine rings is 1. The van der Waals surface area contributed by atoms with Gasteiger partial charge in [-0.2, -0.15) is 4.98 Å². The molecule has 2 heterocycles. The summed E-state index contributed by atoms with van der Waals surface area (Å²) in [7, 11) is 1.59. The van der Waals surface area contributed by atoms with E-state index in [4.69, 9.17) is 4.74 Å². The summed E-state index contributed by atoms with van der Waals surface area (Å²) in [6.45, 7) is 0. The Morgan fingerprint density at radius 2 is 2.23 bits per heavy atom. The second-order valence-electron chi connectivity index (χ2n) is 2.34. The van der Waals surface area contributed by atoms with Crippen molar-refractivity contribution in [3.63, 3.8) is 0 Å². The third-order valence-electron chi connectivity index (χ3n) is 1.56. The first kappa shape index (κ1) is 7.72. The summed E-state index contributed by atoms with van der Waals surface area (Å²) >= 11 is 0. The van der Waals surface area contributed by atoms with Gasteiger partial charge in [0.2, 0.25) is 12.2 Å². The van der Waals surface area contributed by atoms with Crippen LogP contribution in [-0.4, -0.2) is 22.2 Å². The summed E-state index contributed by atoms with van der Waals surface area (Å²) in [5, 5.41) is 3.65. The van der Waals surface area contributed by atoms with E-state index in [2.05, 4.69) is 19.6 Å². The van der Waals surface area contributed by atoms with Crippen LogP contribution < -0.4 is 4.74 Å². The van der Waals surface area contributed by atoms with E-state index < -0.39 is 0 Å². The van der Waals surface area contributed by atoms with E-state index in [0.29, 0.717) is 17.3 Å². The molecule has 0 bridgehead atoms. The summed E-state index contributed by atoms with van der Waals surface area (Å²) < 4.78 is 9.55. The van der Waals surface area contributed by atoms with E-state index in [1.165, 1.54) is 6.39 Å². The quantitative estimate of drug-likeness (QED) is 0.688. The van der Waals surface area contributed by atoms with Crippen LogP contribution in [-0.2, 0) is 0 Å². The van der Waals surface area contributed by atoms with Crippen LogP contribution in [0.25, 0.3) is 11.5 Å². The maximum absolute atomic E-state index is 4.96. The molecular weight excluding hydrogens is 170 g/mol. The molecule has 2 aromatic heterocycles. The molecule has 0 atom stereocenters. The minimum Gasteiger partial charge on any atom is -0.495 e. The Morgan fingerprint density at radius 3 is 2.77 bits per heavy atom. The lowest BCUT2D eigenvalue weighted by Gasteiger charge is -1.97. The molecule has 2 aromatic rings. The van der Waals surface area contributed by atoms with Crippen LogP contribution in [0.15, 0.2) is 29.2 Å². The Morgan fingerprint density at radius 1 is 1.31 bits per heavy atom. The SMILES string of the molecule is COc1ccc(-c2ncon2)nc1. The summed E-state index contributed by atoms with van der Waals surface area (Å²) in [6.07, 6.45) is 2.87. The standard InChI is InChI=1S/C8H7N3O2/c1-12-6-2-3-7(9-4-6)8-10-5-13-11-8/h2-5H,1H3. The summed E-state index contributed by atoms with van der Waals surface area (Å²) in [5.74, 6) is 1.18. The highest BCUT2D eigenvalue weighted by Crippen LogP contribution is 2.14. The zero-order valence-corrected chi connectivity index (χ0v) is 6.97. The first-order chi connectivity index (χ1) is 6.40. The zero-order valence-electron chi connectivity index (χ0n) is 6.97. The largest absolute Gasteiger partial charge is 0.495 e. The molecule has 0 N–H and O–H groups in total. The van der Waals surface area contributed by atoms with Crippen molar-refractivity contribution >= 4 is 0 Å². The van der Waals surface area contributed by atoms with Crippen LogP contribution in [0.1, 0.15) is 0 Å². The molecule has 5 heteroatoms. The number of rotatable bonds is 2. The van der Waals surface area contributed by atoms with Crippen molar-refractivity contribution < 1.29 is 9.26 Å². The Hall–Kier alpha value is -1.91. The van der Waals surface area contributed by atoms with Crippen molar-refractivity contribution in [1.29, 1.82) is 0 Å². The molecule has 66 valence electrons. The van der Waals surface area contributed by atoms with Crippen LogP contribution in [0, 0.1) is 0 Å². The summed E-state index contributed by atoms with van der Waals surface area (Å²) in [5.41, 5.74) is 0.662. The molecule has 0 fully saturated rings. The van der Waals surface area contributed by atoms with Crippen LogP contribution in [0.4, 0.5) is 0 Å². The minimum atomic E-state index is 0.475. The Bertz CT molecular complexity index is 369. The van der Waals surface area contributed by atoms with Crippen molar-refractivity contribution in [1.82, 2.24) is 15.1 Å². The van der Waals surface area contributed by atoms with E-state index in [1.54, 1.807) is 25.4 Å². The lowest BCUT2D eigenvalue weighted by atomic mass is 10.3. The van der Waals surface area contributed by atoms with Crippen molar-refractivity contribution in [2.75, 3.05) is 7.11 Å². The second-order valence-corrected chi connectivity index (χ2v) is 2.34. The van der Waals surface area contributed by atoms with Crippen LogP contribution in [0.5, 0.6) is 5.75 Å². The Balaban J connectivity index is 2.33. The fourth-order valence-corrected chi connectivity index (χ4v) is 0.917. The topological polar surface area (TPSA) is 61.0 Å². The number of hydrogen-bond acceptors (Lipinski definition) is 5. The van der Waals surface area contributed by atoms with Gasteiger partial charge in [-0.05, 0) is 12.1 Å². The fourth-order valence-electron chi connectivity index (χ4n) is 0.917. The van der Waals surface area contributed by atoms with Gasteiger partial charge in [-0.3, -0.25) is 0 Å². The molecule has 2 rings (SSSR count). The number of methoxy groups -OCH3 is 1. The number of ether oxygens (including phenoxy) is 1. The maximum atomic E-state index is 4.96. The van der Waals surface area contributed by atoms with Gasteiger partial charge in [0.25, 0.3) is 0 Å². The molecule has 0 amide bonds. The molecule has 0 aliphatic heterocycles. The lowest BCUT2D eigenvalue weighted by molar-refractivity contribution is 0.412. The average Bonchev–Trinajstić information content (AvgIpc) is 2.71. The maximum Gasteiger partial charge on any atom is 0.220 e. The fraction of sp³-hybridized carbons (Fsp3) is 0.125.